The monoisotopic (exact) mass is 265 g/mol. The van der Waals surface area contributed by atoms with Gasteiger partial charge in [0.2, 0.25) is 0 Å². The quantitative estimate of drug-likeness (QED) is 0.851. The Morgan fingerprint density at radius 3 is 2.89 bits per heavy atom. The summed E-state index contributed by atoms with van der Waals surface area (Å²) in [5, 5.41) is 9.05. The molecule has 1 fully saturated rings. The Kier molecular flexibility index (Phi) is 4.21. The molecule has 0 radical (unpaired) electrons. The van der Waals surface area contributed by atoms with Crippen molar-refractivity contribution in [1.82, 2.24) is 4.98 Å². The van der Waals surface area contributed by atoms with E-state index in [-0.39, 0.29) is 11.3 Å². The van der Waals surface area contributed by atoms with Gasteiger partial charge in [0.25, 0.3) is 0 Å². The third-order valence-corrected chi connectivity index (χ3v) is 3.41. The van der Waals surface area contributed by atoms with E-state index >= 15 is 0 Å². The van der Waals surface area contributed by atoms with E-state index < -0.39 is 5.97 Å². The van der Waals surface area contributed by atoms with Gasteiger partial charge in [0, 0.05) is 26.8 Å². The van der Waals surface area contributed by atoms with Crippen LogP contribution in [-0.4, -0.2) is 42.9 Å². The lowest BCUT2D eigenvalue weighted by Gasteiger charge is -2.28. The molecule has 0 aliphatic carbocycles. The zero-order chi connectivity index (χ0) is 13.8. The second kappa shape index (κ2) is 5.88. The fraction of sp³-hybridized carbons (Fsp3) is 0.538. The summed E-state index contributed by atoms with van der Waals surface area (Å²) in [4.78, 5) is 17.2. The fourth-order valence-corrected chi connectivity index (χ4v) is 2.26. The first kappa shape index (κ1) is 13.6. The van der Waals surface area contributed by atoms with E-state index in [4.69, 9.17) is 15.6 Å². The summed E-state index contributed by atoms with van der Waals surface area (Å²) in [5.74, 6) is 0.171. The first-order valence-corrected chi connectivity index (χ1v) is 6.35. The Balaban J connectivity index is 2.07. The molecule has 104 valence electrons. The number of nitrogens with two attached hydrogens (primary N) is 1. The zero-order valence-electron chi connectivity index (χ0n) is 11.0. The van der Waals surface area contributed by atoms with Gasteiger partial charge in [-0.15, -0.1) is 0 Å². The highest BCUT2D eigenvalue weighted by Crippen LogP contribution is 2.21. The number of aromatic nitrogens is 1. The van der Waals surface area contributed by atoms with Crippen molar-refractivity contribution in [2.24, 2.45) is 5.92 Å². The van der Waals surface area contributed by atoms with Crippen molar-refractivity contribution in [2.75, 3.05) is 37.4 Å². The van der Waals surface area contributed by atoms with Crippen LogP contribution in [0.4, 0.5) is 11.5 Å². The van der Waals surface area contributed by atoms with Gasteiger partial charge >= 0.3 is 5.97 Å². The van der Waals surface area contributed by atoms with Crippen LogP contribution in [0.3, 0.4) is 0 Å². The minimum Gasteiger partial charge on any atom is -0.478 e. The fourth-order valence-electron chi connectivity index (χ4n) is 2.26. The highest BCUT2D eigenvalue weighted by atomic mass is 16.5. The molecule has 3 N–H and O–H groups in total. The normalized spacial score (nSPS) is 16.3. The summed E-state index contributed by atoms with van der Waals surface area (Å²) >= 11 is 0. The summed E-state index contributed by atoms with van der Waals surface area (Å²) < 4.78 is 5.32. The number of hydrogen-bond donors (Lipinski definition) is 2. The SMILES string of the molecule is CN(CC1CCOCC1)c1cc(C(=O)O)c(N)cn1. The second-order valence-electron chi connectivity index (χ2n) is 4.87. The Morgan fingerprint density at radius 1 is 1.58 bits per heavy atom. The molecule has 0 bridgehead atoms. The standard InChI is InChI=1S/C13H19N3O3/c1-16(8-9-2-4-19-5-3-9)12-6-10(13(17)18)11(14)7-15-12/h6-7,9H,2-5,8,14H2,1H3,(H,17,18). The van der Waals surface area contributed by atoms with Gasteiger partial charge in [-0.05, 0) is 24.8 Å². The average molecular weight is 265 g/mol. The van der Waals surface area contributed by atoms with E-state index in [1.165, 1.54) is 12.3 Å². The van der Waals surface area contributed by atoms with Crippen LogP contribution in [0.2, 0.25) is 0 Å². The van der Waals surface area contributed by atoms with Crippen LogP contribution in [0.1, 0.15) is 23.2 Å². The number of pyridine rings is 1. The lowest BCUT2D eigenvalue weighted by Crippen LogP contribution is -2.30. The Labute approximate surface area is 112 Å². The highest BCUT2D eigenvalue weighted by molar-refractivity contribution is 5.94. The van der Waals surface area contributed by atoms with Gasteiger partial charge in [0.15, 0.2) is 0 Å². The van der Waals surface area contributed by atoms with Gasteiger partial charge < -0.3 is 20.5 Å². The number of nitrogens with zero attached hydrogens (tertiary/aromatic N) is 2. The molecule has 0 spiro atoms. The van der Waals surface area contributed by atoms with Crippen LogP contribution in [0, 0.1) is 5.92 Å². The molecule has 6 nitrogen and oxygen atoms in total. The smallest absolute Gasteiger partial charge is 0.337 e. The van der Waals surface area contributed by atoms with Gasteiger partial charge in [-0.25, -0.2) is 9.78 Å². The summed E-state index contributed by atoms with van der Waals surface area (Å²) in [5.41, 5.74) is 5.89. The van der Waals surface area contributed by atoms with Crippen LogP contribution in [0.5, 0.6) is 0 Å². The maximum Gasteiger partial charge on any atom is 0.337 e. The number of carboxylic acids is 1. The maximum atomic E-state index is 11.0. The van der Waals surface area contributed by atoms with Crippen molar-refractivity contribution >= 4 is 17.5 Å². The lowest BCUT2D eigenvalue weighted by molar-refractivity contribution is 0.0685. The minimum atomic E-state index is -1.03. The number of carboxylic acid groups (broad SMARTS) is 1. The van der Waals surface area contributed by atoms with E-state index in [0.717, 1.165) is 32.6 Å². The number of aromatic carboxylic acids is 1. The van der Waals surface area contributed by atoms with Crippen LogP contribution >= 0.6 is 0 Å². The van der Waals surface area contributed by atoms with E-state index in [2.05, 4.69) is 4.98 Å². The zero-order valence-corrected chi connectivity index (χ0v) is 11.0. The molecule has 1 aromatic rings. The molecule has 6 heteroatoms. The summed E-state index contributed by atoms with van der Waals surface area (Å²) in [7, 11) is 1.92. The molecule has 19 heavy (non-hydrogen) atoms. The first-order chi connectivity index (χ1) is 9.08. The van der Waals surface area contributed by atoms with Crippen LogP contribution < -0.4 is 10.6 Å². The van der Waals surface area contributed by atoms with Crippen LogP contribution in [-0.2, 0) is 4.74 Å². The Bertz CT molecular complexity index is 458. The van der Waals surface area contributed by atoms with Crippen molar-refractivity contribution in [3.63, 3.8) is 0 Å². The Morgan fingerprint density at radius 2 is 2.26 bits per heavy atom. The summed E-state index contributed by atoms with van der Waals surface area (Å²) in [6.45, 7) is 2.45. The number of hydrogen-bond acceptors (Lipinski definition) is 5. The topological polar surface area (TPSA) is 88.7 Å². The van der Waals surface area contributed by atoms with Crippen molar-refractivity contribution in [1.29, 1.82) is 0 Å². The number of rotatable bonds is 4. The van der Waals surface area contributed by atoms with E-state index in [1.807, 2.05) is 11.9 Å². The molecule has 2 rings (SSSR count). The van der Waals surface area contributed by atoms with Crippen LogP contribution in [0.25, 0.3) is 0 Å². The van der Waals surface area contributed by atoms with Crippen LogP contribution in [0.15, 0.2) is 12.3 Å². The van der Waals surface area contributed by atoms with E-state index in [9.17, 15) is 4.79 Å². The molecule has 1 aliphatic rings. The molecule has 0 amide bonds. The van der Waals surface area contributed by atoms with Crippen molar-refractivity contribution in [3.05, 3.63) is 17.8 Å². The maximum absolute atomic E-state index is 11.0. The Hall–Kier alpha value is -1.82. The molecule has 1 saturated heterocycles. The average Bonchev–Trinajstić information content (AvgIpc) is 2.40. The number of ether oxygens (including phenoxy) is 1. The van der Waals surface area contributed by atoms with Crippen molar-refractivity contribution in [3.8, 4) is 0 Å². The molecule has 0 atom stereocenters. The number of nitrogen functional groups attached to an aromatic ring is 1. The summed E-state index contributed by atoms with van der Waals surface area (Å²) in [6.07, 6.45) is 3.47. The number of anilines is 2. The molecule has 1 aliphatic heterocycles. The first-order valence-electron chi connectivity index (χ1n) is 6.35. The third kappa shape index (κ3) is 3.35. The molecule has 1 aromatic heterocycles. The number of carbonyl (C=O) groups is 1. The van der Waals surface area contributed by atoms with Gasteiger partial charge in [0.1, 0.15) is 5.82 Å². The van der Waals surface area contributed by atoms with Gasteiger partial charge in [-0.2, -0.15) is 0 Å². The third-order valence-electron chi connectivity index (χ3n) is 3.41. The predicted octanol–water partition coefficient (Wildman–Crippen LogP) is 1.22. The van der Waals surface area contributed by atoms with Crippen molar-refractivity contribution < 1.29 is 14.6 Å². The van der Waals surface area contributed by atoms with Gasteiger partial charge in [-0.3, -0.25) is 0 Å². The highest BCUT2D eigenvalue weighted by Gasteiger charge is 2.18. The summed E-state index contributed by atoms with van der Waals surface area (Å²) in [6, 6.07) is 1.52. The predicted molar refractivity (Wildman–Crippen MR) is 72.4 cm³/mol. The minimum absolute atomic E-state index is 0.101. The molecule has 0 saturated carbocycles. The van der Waals surface area contributed by atoms with E-state index in [0.29, 0.717) is 11.7 Å². The second-order valence-corrected chi connectivity index (χ2v) is 4.87. The molecule has 2 heterocycles. The molecule has 0 unspecified atom stereocenters. The van der Waals surface area contributed by atoms with Crippen molar-refractivity contribution in [2.45, 2.75) is 12.8 Å². The van der Waals surface area contributed by atoms with Gasteiger partial charge in [-0.1, -0.05) is 0 Å². The molecular formula is C13H19N3O3. The largest absolute Gasteiger partial charge is 0.478 e. The van der Waals surface area contributed by atoms with Gasteiger partial charge in [0.05, 0.1) is 17.4 Å². The lowest BCUT2D eigenvalue weighted by atomic mass is 10.00. The molecular weight excluding hydrogens is 246 g/mol. The molecule has 0 aromatic carbocycles. The van der Waals surface area contributed by atoms with E-state index in [1.54, 1.807) is 0 Å².